The standard InChI is InChI=1S/C8H14O4/c1-4-5-7(9)6(2)8(10)12-11-3/h9H,4-5H2,1-3H3. The van der Waals surface area contributed by atoms with Crippen LogP contribution in [-0.2, 0) is 14.6 Å². The highest BCUT2D eigenvalue weighted by molar-refractivity contribution is 5.87. The van der Waals surface area contributed by atoms with E-state index in [9.17, 15) is 9.90 Å². The lowest BCUT2D eigenvalue weighted by Gasteiger charge is -2.02. The van der Waals surface area contributed by atoms with Gasteiger partial charge in [-0.1, -0.05) is 6.92 Å². The second-order valence-electron chi connectivity index (χ2n) is 2.36. The van der Waals surface area contributed by atoms with Gasteiger partial charge in [0.05, 0.1) is 12.7 Å². The molecule has 12 heavy (non-hydrogen) atoms. The third-order valence-corrected chi connectivity index (χ3v) is 1.38. The molecule has 0 unspecified atom stereocenters. The molecule has 0 aliphatic carbocycles. The van der Waals surface area contributed by atoms with E-state index >= 15 is 0 Å². The van der Waals surface area contributed by atoms with Gasteiger partial charge < -0.3 is 5.11 Å². The van der Waals surface area contributed by atoms with Gasteiger partial charge in [-0.15, -0.1) is 0 Å². The van der Waals surface area contributed by atoms with E-state index in [0.29, 0.717) is 6.42 Å². The zero-order valence-electron chi connectivity index (χ0n) is 7.59. The smallest absolute Gasteiger partial charge is 0.372 e. The molecule has 4 heteroatoms. The second-order valence-corrected chi connectivity index (χ2v) is 2.36. The van der Waals surface area contributed by atoms with Crippen molar-refractivity contribution in [2.45, 2.75) is 26.7 Å². The Morgan fingerprint density at radius 2 is 2.08 bits per heavy atom. The van der Waals surface area contributed by atoms with Crippen molar-refractivity contribution in [3.05, 3.63) is 11.3 Å². The molecule has 0 saturated heterocycles. The third kappa shape index (κ3) is 3.39. The third-order valence-electron chi connectivity index (χ3n) is 1.38. The fourth-order valence-corrected chi connectivity index (χ4v) is 0.680. The summed E-state index contributed by atoms with van der Waals surface area (Å²) in [5, 5.41) is 9.24. The van der Waals surface area contributed by atoms with Gasteiger partial charge in [0, 0.05) is 6.42 Å². The normalized spacial score (nSPS) is 12.2. The Kier molecular flexibility index (Phi) is 5.12. The predicted octanol–water partition coefficient (Wildman–Crippen LogP) is 1.72. The maximum atomic E-state index is 10.9. The van der Waals surface area contributed by atoms with E-state index in [-0.39, 0.29) is 11.3 Å². The molecule has 0 aliphatic heterocycles. The molecule has 0 aromatic rings. The predicted molar refractivity (Wildman–Crippen MR) is 43.3 cm³/mol. The van der Waals surface area contributed by atoms with Crippen LogP contribution in [0.4, 0.5) is 0 Å². The Balaban J connectivity index is 4.22. The monoisotopic (exact) mass is 174 g/mol. The number of carbonyl (C=O) groups excluding carboxylic acids is 1. The number of aliphatic hydroxyl groups excluding tert-OH is 1. The molecule has 0 saturated carbocycles. The topological polar surface area (TPSA) is 55.8 Å². The van der Waals surface area contributed by atoms with Crippen molar-refractivity contribution in [3.8, 4) is 0 Å². The second kappa shape index (κ2) is 5.60. The Hall–Kier alpha value is -1.03. The quantitative estimate of drug-likeness (QED) is 0.305. The van der Waals surface area contributed by atoms with Gasteiger partial charge in [-0.3, -0.25) is 4.89 Å². The fraction of sp³-hybridized carbons (Fsp3) is 0.625. The molecule has 0 amide bonds. The molecular formula is C8H14O4. The largest absolute Gasteiger partial charge is 0.512 e. The van der Waals surface area contributed by atoms with Crippen molar-refractivity contribution >= 4 is 5.97 Å². The van der Waals surface area contributed by atoms with Crippen LogP contribution < -0.4 is 0 Å². The molecule has 0 aliphatic rings. The first-order valence-electron chi connectivity index (χ1n) is 3.77. The Bertz CT molecular complexity index is 183. The molecule has 70 valence electrons. The summed E-state index contributed by atoms with van der Waals surface area (Å²) in [5.74, 6) is -0.594. The SMILES string of the molecule is CCCC(O)=C(C)C(=O)OOC. The van der Waals surface area contributed by atoms with Crippen molar-refractivity contribution < 1.29 is 19.7 Å². The summed E-state index contributed by atoms with van der Waals surface area (Å²) in [6, 6.07) is 0. The summed E-state index contributed by atoms with van der Waals surface area (Å²) >= 11 is 0. The number of rotatable bonds is 4. The molecule has 0 spiro atoms. The summed E-state index contributed by atoms with van der Waals surface area (Å²) in [6.07, 6.45) is 1.26. The minimum Gasteiger partial charge on any atom is -0.512 e. The summed E-state index contributed by atoms with van der Waals surface area (Å²) < 4.78 is 0. The molecule has 4 nitrogen and oxygen atoms in total. The van der Waals surface area contributed by atoms with E-state index in [1.54, 1.807) is 0 Å². The van der Waals surface area contributed by atoms with Crippen LogP contribution in [0.3, 0.4) is 0 Å². The molecule has 0 rings (SSSR count). The van der Waals surface area contributed by atoms with E-state index in [2.05, 4.69) is 9.78 Å². The number of aliphatic hydroxyl groups is 1. The van der Waals surface area contributed by atoms with Gasteiger partial charge in [-0.25, -0.2) is 4.79 Å². The molecule has 0 aromatic heterocycles. The molecule has 0 aromatic carbocycles. The summed E-state index contributed by atoms with van der Waals surface area (Å²) in [7, 11) is 1.24. The average Bonchev–Trinajstić information content (AvgIpc) is 2.04. The number of allylic oxidation sites excluding steroid dienone is 1. The van der Waals surface area contributed by atoms with Crippen LogP contribution in [0.2, 0.25) is 0 Å². The maximum absolute atomic E-state index is 10.9. The maximum Gasteiger partial charge on any atom is 0.372 e. The molecule has 0 atom stereocenters. The van der Waals surface area contributed by atoms with Crippen molar-refractivity contribution in [1.29, 1.82) is 0 Å². The summed E-state index contributed by atoms with van der Waals surface area (Å²) in [5.41, 5.74) is 0.193. The molecule has 0 fully saturated rings. The van der Waals surface area contributed by atoms with Crippen molar-refractivity contribution in [3.63, 3.8) is 0 Å². The highest BCUT2D eigenvalue weighted by Gasteiger charge is 2.11. The van der Waals surface area contributed by atoms with Crippen molar-refractivity contribution in [2.24, 2.45) is 0 Å². The fourth-order valence-electron chi connectivity index (χ4n) is 0.680. The van der Waals surface area contributed by atoms with Crippen molar-refractivity contribution in [2.75, 3.05) is 7.11 Å². The van der Waals surface area contributed by atoms with Crippen LogP contribution in [0, 0.1) is 0 Å². The van der Waals surface area contributed by atoms with E-state index in [1.165, 1.54) is 14.0 Å². The number of carbonyl (C=O) groups is 1. The minimum absolute atomic E-state index is 0.0551. The van der Waals surface area contributed by atoms with Crippen LogP contribution in [0.1, 0.15) is 26.7 Å². The zero-order valence-corrected chi connectivity index (χ0v) is 7.59. The lowest BCUT2D eigenvalue weighted by molar-refractivity contribution is -0.250. The first kappa shape index (κ1) is 11.0. The number of hydrogen-bond acceptors (Lipinski definition) is 4. The Morgan fingerprint density at radius 3 is 2.50 bits per heavy atom. The van der Waals surface area contributed by atoms with Gasteiger partial charge in [-0.2, -0.15) is 4.89 Å². The lowest BCUT2D eigenvalue weighted by atomic mass is 10.2. The minimum atomic E-state index is -0.650. The Morgan fingerprint density at radius 1 is 1.50 bits per heavy atom. The molecule has 1 N–H and O–H groups in total. The first-order chi connectivity index (χ1) is 5.63. The Labute approximate surface area is 71.7 Å². The van der Waals surface area contributed by atoms with Crippen molar-refractivity contribution in [1.82, 2.24) is 0 Å². The molecule has 0 heterocycles. The number of hydrogen-bond donors (Lipinski definition) is 1. The highest BCUT2D eigenvalue weighted by atomic mass is 17.2. The van der Waals surface area contributed by atoms with Gasteiger partial charge in [-0.05, 0) is 13.3 Å². The average molecular weight is 174 g/mol. The first-order valence-corrected chi connectivity index (χ1v) is 3.77. The van der Waals surface area contributed by atoms with Gasteiger partial charge in [0.25, 0.3) is 0 Å². The molecule has 0 radical (unpaired) electrons. The van der Waals surface area contributed by atoms with Gasteiger partial charge >= 0.3 is 5.97 Å². The summed E-state index contributed by atoms with van der Waals surface area (Å²) in [4.78, 5) is 19.3. The van der Waals surface area contributed by atoms with Gasteiger partial charge in [0.2, 0.25) is 0 Å². The van der Waals surface area contributed by atoms with Crippen LogP contribution in [0.15, 0.2) is 11.3 Å². The van der Waals surface area contributed by atoms with Gasteiger partial charge in [0.1, 0.15) is 5.76 Å². The molecular weight excluding hydrogens is 160 g/mol. The van der Waals surface area contributed by atoms with Crippen LogP contribution in [0.5, 0.6) is 0 Å². The highest BCUT2D eigenvalue weighted by Crippen LogP contribution is 2.08. The van der Waals surface area contributed by atoms with E-state index in [1.807, 2.05) is 6.92 Å². The van der Waals surface area contributed by atoms with Crippen LogP contribution >= 0.6 is 0 Å². The van der Waals surface area contributed by atoms with Crippen LogP contribution in [0.25, 0.3) is 0 Å². The lowest BCUT2D eigenvalue weighted by Crippen LogP contribution is -2.07. The van der Waals surface area contributed by atoms with E-state index in [0.717, 1.165) is 6.42 Å². The summed E-state index contributed by atoms with van der Waals surface area (Å²) in [6.45, 7) is 3.40. The molecule has 0 bridgehead atoms. The van der Waals surface area contributed by atoms with Crippen LogP contribution in [-0.4, -0.2) is 18.2 Å². The van der Waals surface area contributed by atoms with Gasteiger partial charge in [0.15, 0.2) is 0 Å². The van der Waals surface area contributed by atoms with E-state index in [4.69, 9.17) is 0 Å². The zero-order chi connectivity index (χ0) is 9.56. The van der Waals surface area contributed by atoms with E-state index < -0.39 is 5.97 Å².